The number of ketones is 1. The van der Waals surface area contributed by atoms with Crippen molar-refractivity contribution in [2.24, 2.45) is 0 Å². The average Bonchev–Trinajstić information content (AvgIpc) is 2.84. The third-order valence-electron chi connectivity index (χ3n) is 2.76. The zero-order valence-electron chi connectivity index (χ0n) is 10.9. The largest absolute Gasteiger partial charge is 0.696 e. The normalized spacial score (nSPS) is 9.48. The maximum Gasteiger partial charge on any atom is 0.293 e. The number of fused-ring (bicyclic) bond motifs is 1. The molecule has 0 unspecified atom stereocenters. The Bertz CT molecular complexity index is 807. The van der Waals surface area contributed by atoms with Crippen LogP contribution in [0.3, 0.4) is 0 Å². The second-order valence-electron chi connectivity index (χ2n) is 4.01. The number of nitrogen functional groups attached to an aromatic ring is 1. The van der Waals surface area contributed by atoms with E-state index in [0.717, 1.165) is 4.83 Å². The van der Waals surface area contributed by atoms with Crippen molar-refractivity contribution < 1.29 is 9.20 Å². The lowest BCUT2D eigenvalue weighted by atomic mass is 10.1. The van der Waals surface area contributed by atoms with E-state index in [1.54, 1.807) is 12.1 Å². The Labute approximate surface area is 131 Å². The van der Waals surface area contributed by atoms with E-state index in [1.165, 1.54) is 16.7 Å². The number of thiocyanates is 1. The molecule has 1 aromatic carbocycles. The number of hydrogen-bond donors (Lipinski definition) is 1. The molecule has 0 spiro atoms. The fourth-order valence-electron chi connectivity index (χ4n) is 1.92. The molecule has 0 aliphatic rings. The first-order chi connectivity index (χ1) is 10.2. The SMILES string of the molecule is N#C[S-].Nc1sc2cccc[n+]2c1C(=O)c1ccccc1. The maximum absolute atomic E-state index is 12.4. The van der Waals surface area contributed by atoms with E-state index in [9.17, 15) is 4.79 Å². The highest BCUT2D eigenvalue weighted by Crippen LogP contribution is 2.22. The van der Waals surface area contributed by atoms with E-state index in [-0.39, 0.29) is 5.78 Å². The summed E-state index contributed by atoms with van der Waals surface area (Å²) in [5.74, 6) is -0.0458. The van der Waals surface area contributed by atoms with Gasteiger partial charge in [-0.15, -0.1) is 4.40 Å². The monoisotopic (exact) mass is 313 g/mol. The number of nitrogens with zero attached hydrogens (tertiary/aromatic N) is 2. The predicted octanol–water partition coefficient (Wildman–Crippen LogP) is 2.31. The van der Waals surface area contributed by atoms with Crippen LogP contribution in [0.15, 0.2) is 54.7 Å². The highest BCUT2D eigenvalue weighted by Gasteiger charge is 2.26. The molecule has 0 radical (unpaired) electrons. The minimum Gasteiger partial charge on any atom is -0.696 e. The first-order valence-electron chi connectivity index (χ1n) is 5.98. The van der Waals surface area contributed by atoms with Crippen molar-refractivity contribution in [2.45, 2.75) is 0 Å². The van der Waals surface area contributed by atoms with Gasteiger partial charge in [-0.25, -0.2) is 5.26 Å². The van der Waals surface area contributed by atoms with Crippen LogP contribution >= 0.6 is 11.3 Å². The quantitative estimate of drug-likeness (QED) is 0.341. The summed E-state index contributed by atoms with van der Waals surface area (Å²) in [6.45, 7) is 0. The highest BCUT2D eigenvalue weighted by molar-refractivity contribution is 7.64. The molecule has 0 amide bonds. The molecule has 0 bridgehead atoms. The molecule has 2 N–H and O–H groups in total. The highest BCUT2D eigenvalue weighted by atomic mass is 32.1. The summed E-state index contributed by atoms with van der Waals surface area (Å²) < 4.78 is 1.84. The van der Waals surface area contributed by atoms with Crippen LogP contribution in [0.5, 0.6) is 0 Å². The van der Waals surface area contributed by atoms with E-state index in [4.69, 9.17) is 11.0 Å². The molecule has 0 saturated heterocycles. The number of anilines is 1. The van der Waals surface area contributed by atoms with Gasteiger partial charge in [0.15, 0.2) is 11.2 Å². The average molecular weight is 313 g/mol. The number of pyridine rings is 1. The van der Waals surface area contributed by atoms with Crippen molar-refractivity contribution in [1.29, 1.82) is 5.26 Å². The van der Waals surface area contributed by atoms with Crippen LogP contribution in [0.2, 0.25) is 0 Å². The number of aromatic nitrogens is 1. The molecule has 6 heteroatoms. The van der Waals surface area contributed by atoms with Gasteiger partial charge in [0.05, 0.1) is 0 Å². The Morgan fingerprint density at radius 3 is 2.48 bits per heavy atom. The van der Waals surface area contributed by atoms with E-state index >= 15 is 0 Å². The van der Waals surface area contributed by atoms with Gasteiger partial charge in [0.2, 0.25) is 0 Å². The Balaban J connectivity index is 0.000000497. The first-order valence-corrected chi connectivity index (χ1v) is 7.21. The number of nitriles is 1. The minimum absolute atomic E-state index is 0.0458. The van der Waals surface area contributed by atoms with Crippen LogP contribution in [0.1, 0.15) is 16.1 Å². The molecule has 2 heterocycles. The smallest absolute Gasteiger partial charge is 0.293 e. The molecule has 0 aliphatic heterocycles. The van der Waals surface area contributed by atoms with E-state index in [1.807, 2.05) is 47.0 Å². The Kier molecular flexibility index (Phi) is 4.82. The van der Waals surface area contributed by atoms with Crippen molar-refractivity contribution in [3.05, 3.63) is 66.0 Å². The molecule has 3 rings (SSSR count). The van der Waals surface area contributed by atoms with Gasteiger partial charge in [-0.3, -0.25) is 4.79 Å². The zero-order valence-corrected chi connectivity index (χ0v) is 12.5. The summed E-state index contributed by atoms with van der Waals surface area (Å²) in [4.78, 5) is 13.4. The number of hydrogen-bond acceptors (Lipinski definition) is 5. The number of benzene rings is 1. The Hall–Kier alpha value is -2.49. The Morgan fingerprint density at radius 1 is 1.19 bits per heavy atom. The molecular formula is C15H11N3OS2. The summed E-state index contributed by atoms with van der Waals surface area (Å²) in [5, 5.41) is 9.02. The second-order valence-corrected chi connectivity index (χ2v) is 5.26. The molecular weight excluding hydrogens is 302 g/mol. The fourth-order valence-corrected chi connectivity index (χ4v) is 2.83. The summed E-state index contributed by atoms with van der Waals surface area (Å²) in [7, 11) is 0. The van der Waals surface area contributed by atoms with Gasteiger partial charge in [-0.1, -0.05) is 35.7 Å². The van der Waals surface area contributed by atoms with Gasteiger partial charge in [0, 0.05) is 17.7 Å². The van der Waals surface area contributed by atoms with E-state index < -0.39 is 0 Å². The third kappa shape index (κ3) is 3.16. The second kappa shape index (κ2) is 6.79. The molecule has 0 fully saturated rings. The van der Waals surface area contributed by atoms with Gasteiger partial charge in [0.25, 0.3) is 16.3 Å². The summed E-state index contributed by atoms with van der Waals surface area (Å²) in [5.41, 5.74) is 7.16. The minimum atomic E-state index is -0.0458. The molecule has 3 aromatic rings. The third-order valence-corrected chi connectivity index (χ3v) is 3.72. The van der Waals surface area contributed by atoms with E-state index in [0.29, 0.717) is 16.3 Å². The number of nitrogens with two attached hydrogens (primary N) is 1. The van der Waals surface area contributed by atoms with Crippen LogP contribution in [0.25, 0.3) is 4.83 Å². The number of carbonyl (C=O) groups excluding carboxylic acids is 1. The standard InChI is InChI=1S/C14H10N2OS.CHNS/c15-14-12(13(17)10-6-2-1-3-7-10)16-9-5-4-8-11(16)18-14;2-1-3/h1-9H,(H-,15,17);3H. The Morgan fingerprint density at radius 2 is 1.81 bits per heavy atom. The number of thiazole rings is 1. The number of rotatable bonds is 2. The molecule has 0 atom stereocenters. The van der Waals surface area contributed by atoms with Gasteiger partial charge in [-0.05, 0) is 17.4 Å². The summed E-state index contributed by atoms with van der Waals surface area (Å²) in [6.07, 6.45) is 1.86. The lowest BCUT2D eigenvalue weighted by Gasteiger charge is -1.95. The molecule has 4 nitrogen and oxygen atoms in total. The molecule has 2 aromatic heterocycles. The van der Waals surface area contributed by atoms with Crippen LogP contribution in [-0.2, 0) is 12.6 Å². The van der Waals surface area contributed by atoms with Crippen LogP contribution < -0.4 is 10.1 Å². The topological polar surface area (TPSA) is 71.0 Å². The number of carbonyl (C=O) groups is 1. The van der Waals surface area contributed by atoms with Crippen molar-refractivity contribution in [2.75, 3.05) is 5.73 Å². The lowest BCUT2D eigenvalue weighted by molar-refractivity contribution is -0.509. The molecule has 104 valence electrons. The predicted molar refractivity (Wildman–Crippen MR) is 84.7 cm³/mol. The summed E-state index contributed by atoms with van der Waals surface area (Å²) in [6, 6.07) is 15.0. The van der Waals surface area contributed by atoms with Crippen LogP contribution in [-0.4, -0.2) is 5.78 Å². The van der Waals surface area contributed by atoms with Crippen LogP contribution in [0, 0.1) is 10.7 Å². The van der Waals surface area contributed by atoms with Crippen molar-refractivity contribution in [3.8, 4) is 5.40 Å². The van der Waals surface area contributed by atoms with Crippen molar-refractivity contribution >= 4 is 39.6 Å². The molecule has 0 saturated carbocycles. The molecule has 21 heavy (non-hydrogen) atoms. The maximum atomic E-state index is 12.4. The lowest BCUT2D eigenvalue weighted by Crippen LogP contribution is -2.27. The van der Waals surface area contributed by atoms with Gasteiger partial charge >= 0.3 is 0 Å². The van der Waals surface area contributed by atoms with Gasteiger partial charge in [-0.2, -0.15) is 0 Å². The zero-order chi connectivity index (χ0) is 15.2. The molecule has 0 aliphatic carbocycles. The van der Waals surface area contributed by atoms with Gasteiger partial charge < -0.3 is 18.4 Å². The van der Waals surface area contributed by atoms with Crippen LogP contribution in [0.4, 0.5) is 5.00 Å². The van der Waals surface area contributed by atoms with E-state index in [2.05, 4.69) is 12.6 Å². The summed E-state index contributed by atoms with van der Waals surface area (Å²) >= 11 is 5.12. The van der Waals surface area contributed by atoms with Crippen molar-refractivity contribution in [1.82, 2.24) is 0 Å². The van der Waals surface area contributed by atoms with Crippen molar-refractivity contribution in [3.63, 3.8) is 0 Å². The van der Waals surface area contributed by atoms with Gasteiger partial charge in [0.1, 0.15) is 0 Å². The fraction of sp³-hybridized carbons (Fsp3) is 0. The first kappa shape index (κ1) is 14.9.